The van der Waals surface area contributed by atoms with Gasteiger partial charge in [0.2, 0.25) is 0 Å². The van der Waals surface area contributed by atoms with Crippen LogP contribution in [0.2, 0.25) is 0 Å². The minimum absolute atomic E-state index is 0.449. The maximum absolute atomic E-state index is 5.40. The summed E-state index contributed by atoms with van der Waals surface area (Å²) in [5.74, 6) is 1.85. The molecule has 1 aliphatic heterocycles. The Morgan fingerprint density at radius 2 is 2.00 bits per heavy atom. The summed E-state index contributed by atoms with van der Waals surface area (Å²) in [6.45, 7) is 5.30. The van der Waals surface area contributed by atoms with Gasteiger partial charge in [0.1, 0.15) is 5.76 Å². The fourth-order valence-electron chi connectivity index (χ4n) is 3.43. The number of piperidine rings is 1. The molecule has 0 bridgehead atoms. The number of hydrogen-bond acceptors (Lipinski definition) is 4. The van der Waals surface area contributed by atoms with Gasteiger partial charge in [-0.25, -0.2) is 0 Å². The van der Waals surface area contributed by atoms with Gasteiger partial charge in [-0.05, 0) is 30.5 Å². The van der Waals surface area contributed by atoms with Gasteiger partial charge in [0.25, 0.3) is 0 Å². The number of nitrogens with one attached hydrogen (secondary N) is 2. The van der Waals surface area contributed by atoms with Gasteiger partial charge in [0, 0.05) is 45.8 Å². The lowest BCUT2D eigenvalue weighted by Gasteiger charge is -2.33. The topological polar surface area (TPSA) is 62.0 Å². The van der Waals surface area contributed by atoms with Crippen molar-refractivity contribution in [2.45, 2.75) is 31.8 Å². The Hall–Kier alpha value is -2.31. The Morgan fingerprint density at radius 3 is 2.71 bits per heavy atom. The number of methoxy groups -OCH3 is 1. The molecule has 3 rings (SSSR count). The lowest BCUT2D eigenvalue weighted by Crippen LogP contribution is -2.49. The minimum atomic E-state index is 0.449. The first-order valence-electron chi connectivity index (χ1n) is 10.2. The first kappa shape index (κ1) is 20.4. The second kappa shape index (κ2) is 11.5. The molecule has 2 N–H and O–H groups in total. The van der Waals surface area contributed by atoms with E-state index in [4.69, 9.17) is 9.15 Å². The van der Waals surface area contributed by atoms with Gasteiger partial charge in [-0.15, -0.1) is 0 Å². The first-order chi connectivity index (χ1) is 13.8. The summed E-state index contributed by atoms with van der Waals surface area (Å²) in [5.41, 5.74) is 1.38. The van der Waals surface area contributed by atoms with E-state index in [-0.39, 0.29) is 0 Å². The zero-order valence-electron chi connectivity index (χ0n) is 16.8. The fraction of sp³-hybridized carbons (Fsp3) is 0.500. The summed E-state index contributed by atoms with van der Waals surface area (Å²) in [5, 5.41) is 7.03. The summed E-state index contributed by atoms with van der Waals surface area (Å²) in [4.78, 5) is 7.17. The maximum Gasteiger partial charge on any atom is 0.191 e. The molecule has 0 atom stereocenters. The molecule has 1 saturated heterocycles. The number of furan rings is 1. The van der Waals surface area contributed by atoms with Crippen molar-refractivity contribution < 1.29 is 9.15 Å². The van der Waals surface area contributed by atoms with Crippen LogP contribution in [0.5, 0.6) is 0 Å². The lowest BCUT2D eigenvalue weighted by molar-refractivity contribution is 0.198. The molecule has 1 fully saturated rings. The second-order valence-electron chi connectivity index (χ2n) is 7.16. The zero-order valence-corrected chi connectivity index (χ0v) is 16.8. The Morgan fingerprint density at radius 1 is 1.18 bits per heavy atom. The summed E-state index contributed by atoms with van der Waals surface area (Å²) in [7, 11) is 1.70. The van der Waals surface area contributed by atoms with Crippen LogP contribution in [-0.2, 0) is 17.7 Å². The largest absolute Gasteiger partial charge is 0.469 e. The third-order valence-electron chi connectivity index (χ3n) is 4.99. The molecule has 2 heterocycles. The number of benzene rings is 1. The van der Waals surface area contributed by atoms with Gasteiger partial charge >= 0.3 is 0 Å². The average Bonchev–Trinajstić information content (AvgIpc) is 3.24. The SMILES string of the molecule is COCCN=C(NCCc1ccco1)NC1CCN(Cc2ccccc2)CC1. The standard InChI is InChI=1S/C22H32N4O2/c1-27-17-13-24-22(23-12-9-21-8-5-16-28-21)25-20-10-14-26(15-11-20)18-19-6-3-2-4-7-19/h2-8,16,20H,9-15,17-18H2,1H3,(H2,23,24,25). The van der Waals surface area contributed by atoms with E-state index >= 15 is 0 Å². The molecule has 2 aromatic rings. The van der Waals surface area contributed by atoms with Gasteiger partial charge in [-0.3, -0.25) is 9.89 Å². The van der Waals surface area contributed by atoms with Crippen LogP contribution in [0, 0.1) is 0 Å². The van der Waals surface area contributed by atoms with E-state index in [1.165, 1.54) is 5.56 Å². The van der Waals surface area contributed by atoms with Crippen molar-refractivity contribution in [2.75, 3.05) is 39.9 Å². The number of aliphatic imine (C=N–C) groups is 1. The minimum Gasteiger partial charge on any atom is -0.469 e. The summed E-state index contributed by atoms with van der Waals surface area (Å²) in [6, 6.07) is 15.1. The van der Waals surface area contributed by atoms with Gasteiger partial charge in [-0.1, -0.05) is 30.3 Å². The Balaban J connectivity index is 1.43. The van der Waals surface area contributed by atoms with E-state index in [1.54, 1.807) is 13.4 Å². The molecule has 152 valence electrons. The Kier molecular flexibility index (Phi) is 8.40. The van der Waals surface area contributed by atoms with Crippen LogP contribution in [0.25, 0.3) is 0 Å². The Labute approximate surface area is 168 Å². The molecule has 0 spiro atoms. The van der Waals surface area contributed by atoms with Crippen molar-refractivity contribution in [3.05, 3.63) is 60.1 Å². The molecule has 1 aromatic heterocycles. The van der Waals surface area contributed by atoms with E-state index in [0.717, 1.165) is 57.2 Å². The van der Waals surface area contributed by atoms with Crippen LogP contribution in [0.3, 0.4) is 0 Å². The third kappa shape index (κ3) is 7.02. The van der Waals surface area contributed by atoms with E-state index in [1.807, 2.05) is 12.1 Å². The first-order valence-corrected chi connectivity index (χ1v) is 10.2. The van der Waals surface area contributed by atoms with Crippen molar-refractivity contribution in [3.8, 4) is 0 Å². The highest BCUT2D eigenvalue weighted by atomic mass is 16.5. The van der Waals surface area contributed by atoms with E-state index in [9.17, 15) is 0 Å². The molecule has 0 radical (unpaired) electrons. The normalized spacial score (nSPS) is 16.2. The fourth-order valence-corrected chi connectivity index (χ4v) is 3.43. The number of hydrogen-bond donors (Lipinski definition) is 2. The maximum atomic E-state index is 5.40. The van der Waals surface area contributed by atoms with Crippen LogP contribution in [0.1, 0.15) is 24.2 Å². The second-order valence-corrected chi connectivity index (χ2v) is 7.16. The van der Waals surface area contributed by atoms with Gasteiger partial charge < -0.3 is 19.8 Å². The van der Waals surface area contributed by atoms with E-state index < -0.39 is 0 Å². The molecule has 1 aliphatic rings. The zero-order chi connectivity index (χ0) is 19.4. The smallest absolute Gasteiger partial charge is 0.191 e. The molecule has 1 aromatic carbocycles. The molecular formula is C22H32N4O2. The van der Waals surface area contributed by atoms with Gasteiger partial charge in [-0.2, -0.15) is 0 Å². The number of guanidine groups is 1. The number of ether oxygens (including phenoxy) is 1. The molecule has 6 nitrogen and oxygen atoms in total. The van der Waals surface area contributed by atoms with Crippen molar-refractivity contribution in [3.63, 3.8) is 0 Å². The summed E-state index contributed by atoms with van der Waals surface area (Å²) >= 11 is 0. The number of rotatable bonds is 9. The average molecular weight is 385 g/mol. The third-order valence-corrected chi connectivity index (χ3v) is 4.99. The predicted octanol–water partition coefficient (Wildman–Crippen LogP) is 2.67. The van der Waals surface area contributed by atoms with E-state index in [2.05, 4.69) is 50.9 Å². The monoisotopic (exact) mass is 384 g/mol. The van der Waals surface area contributed by atoms with Crippen LogP contribution < -0.4 is 10.6 Å². The molecule has 6 heteroatoms. The molecule has 0 amide bonds. The number of nitrogens with zero attached hydrogens (tertiary/aromatic N) is 2. The van der Waals surface area contributed by atoms with Crippen molar-refractivity contribution in [1.29, 1.82) is 0 Å². The van der Waals surface area contributed by atoms with Crippen molar-refractivity contribution >= 4 is 5.96 Å². The van der Waals surface area contributed by atoms with Crippen LogP contribution >= 0.6 is 0 Å². The van der Waals surface area contributed by atoms with Crippen LogP contribution in [0.15, 0.2) is 58.1 Å². The quantitative estimate of drug-likeness (QED) is 0.395. The molecule has 0 unspecified atom stereocenters. The predicted molar refractivity (Wildman–Crippen MR) is 112 cm³/mol. The highest BCUT2D eigenvalue weighted by Gasteiger charge is 2.20. The molecule has 0 aliphatic carbocycles. The Bertz CT molecular complexity index is 680. The molecular weight excluding hydrogens is 352 g/mol. The van der Waals surface area contributed by atoms with Crippen molar-refractivity contribution in [2.24, 2.45) is 4.99 Å². The highest BCUT2D eigenvalue weighted by molar-refractivity contribution is 5.80. The van der Waals surface area contributed by atoms with Crippen LogP contribution in [-0.4, -0.2) is 56.8 Å². The summed E-state index contributed by atoms with van der Waals surface area (Å²) < 4.78 is 10.5. The van der Waals surface area contributed by atoms with Gasteiger partial charge in [0.15, 0.2) is 5.96 Å². The van der Waals surface area contributed by atoms with Crippen LogP contribution in [0.4, 0.5) is 0 Å². The highest BCUT2D eigenvalue weighted by Crippen LogP contribution is 2.13. The summed E-state index contributed by atoms with van der Waals surface area (Å²) in [6.07, 6.45) is 4.80. The number of likely N-dealkylation sites (tertiary alicyclic amines) is 1. The molecule has 0 saturated carbocycles. The van der Waals surface area contributed by atoms with E-state index in [0.29, 0.717) is 19.2 Å². The molecule has 28 heavy (non-hydrogen) atoms. The lowest BCUT2D eigenvalue weighted by atomic mass is 10.0. The van der Waals surface area contributed by atoms with Crippen molar-refractivity contribution in [1.82, 2.24) is 15.5 Å². The van der Waals surface area contributed by atoms with Gasteiger partial charge in [0.05, 0.1) is 19.4 Å².